The molecule has 48 heavy (non-hydrogen) atoms. The predicted molar refractivity (Wildman–Crippen MR) is 201 cm³/mol. The molecule has 0 heterocycles. The summed E-state index contributed by atoms with van der Waals surface area (Å²) in [6, 6.07) is 0. The van der Waals surface area contributed by atoms with Crippen LogP contribution in [0.1, 0.15) is 221 Å². The van der Waals surface area contributed by atoms with E-state index < -0.39 is 6.10 Å². The number of carbonyl (C=O) groups is 3. The Morgan fingerprint density at radius 2 is 0.792 bits per heavy atom. The molecule has 2 atom stereocenters. The van der Waals surface area contributed by atoms with Crippen LogP contribution in [0.2, 0.25) is 0 Å². The van der Waals surface area contributed by atoms with Gasteiger partial charge in [-0.15, -0.1) is 0 Å². The highest BCUT2D eigenvalue weighted by Crippen LogP contribution is 2.16. The van der Waals surface area contributed by atoms with Gasteiger partial charge in [0.2, 0.25) is 0 Å². The van der Waals surface area contributed by atoms with Gasteiger partial charge in [0, 0.05) is 19.3 Å². The van der Waals surface area contributed by atoms with E-state index in [1.54, 1.807) is 0 Å². The van der Waals surface area contributed by atoms with Gasteiger partial charge < -0.3 is 14.2 Å². The van der Waals surface area contributed by atoms with Crippen LogP contribution in [0.15, 0.2) is 0 Å². The third-order valence-electron chi connectivity index (χ3n) is 9.58. The van der Waals surface area contributed by atoms with Crippen molar-refractivity contribution in [1.29, 1.82) is 0 Å². The van der Waals surface area contributed by atoms with Crippen LogP contribution in [0, 0.1) is 11.8 Å². The fourth-order valence-electron chi connectivity index (χ4n) is 6.01. The van der Waals surface area contributed by atoms with Crippen LogP contribution in [0.25, 0.3) is 0 Å². The van der Waals surface area contributed by atoms with Gasteiger partial charge in [0.15, 0.2) is 6.10 Å². The molecule has 0 spiro atoms. The maximum Gasteiger partial charge on any atom is 0.306 e. The van der Waals surface area contributed by atoms with E-state index in [0.717, 1.165) is 69.6 Å². The molecule has 0 saturated heterocycles. The molecule has 0 aliphatic rings. The van der Waals surface area contributed by atoms with Crippen molar-refractivity contribution in [3.05, 3.63) is 0 Å². The molecule has 0 aromatic heterocycles. The van der Waals surface area contributed by atoms with Gasteiger partial charge >= 0.3 is 17.9 Å². The minimum atomic E-state index is -0.759. The average Bonchev–Trinajstić information content (AvgIpc) is 3.06. The molecule has 0 aromatic carbocycles. The molecule has 0 radical (unpaired) electrons. The van der Waals surface area contributed by atoms with Crippen LogP contribution in [0.4, 0.5) is 0 Å². The fraction of sp³-hybridized carbons (Fsp3) is 0.929. The van der Waals surface area contributed by atoms with Crippen molar-refractivity contribution < 1.29 is 28.6 Å². The van der Waals surface area contributed by atoms with E-state index in [0.29, 0.717) is 19.3 Å². The number of hydrogen-bond donors (Lipinski definition) is 0. The van der Waals surface area contributed by atoms with Crippen molar-refractivity contribution in [1.82, 2.24) is 0 Å². The molecular formula is C42H80O6. The van der Waals surface area contributed by atoms with Crippen molar-refractivity contribution in [3.63, 3.8) is 0 Å². The van der Waals surface area contributed by atoms with Gasteiger partial charge in [-0.25, -0.2) is 0 Å². The maximum absolute atomic E-state index is 12.6. The van der Waals surface area contributed by atoms with Crippen LogP contribution in [-0.2, 0) is 28.6 Å². The zero-order valence-corrected chi connectivity index (χ0v) is 32.6. The van der Waals surface area contributed by atoms with Crippen LogP contribution in [0.3, 0.4) is 0 Å². The van der Waals surface area contributed by atoms with E-state index in [1.165, 1.54) is 109 Å². The summed E-state index contributed by atoms with van der Waals surface area (Å²) in [6.07, 6.45) is 31.0. The topological polar surface area (TPSA) is 78.9 Å². The average molecular weight is 681 g/mol. The highest BCUT2D eigenvalue weighted by Gasteiger charge is 2.19. The zero-order valence-electron chi connectivity index (χ0n) is 32.6. The monoisotopic (exact) mass is 681 g/mol. The van der Waals surface area contributed by atoms with Crippen LogP contribution in [0.5, 0.6) is 0 Å². The first-order valence-electron chi connectivity index (χ1n) is 20.8. The van der Waals surface area contributed by atoms with Crippen molar-refractivity contribution in [2.75, 3.05) is 13.2 Å². The van der Waals surface area contributed by atoms with E-state index in [1.807, 2.05) is 0 Å². The Labute approximate surface area is 298 Å². The third-order valence-corrected chi connectivity index (χ3v) is 9.58. The van der Waals surface area contributed by atoms with Crippen molar-refractivity contribution in [3.8, 4) is 0 Å². The molecule has 0 amide bonds. The van der Waals surface area contributed by atoms with Gasteiger partial charge in [-0.3, -0.25) is 14.4 Å². The summed E-state index contributed by atoms with van der Waals surface area (Å²) in [5, 5.41) is 0. The fourth-order valence-corrected chi connectivity index (χ4v) is 6.01. The van der Waals surface area contributed by atoms with Crippen molar-refractivity contribution in [2.45, 2.75) is 227 Å². The van der Waals surface area contributed by atoms with Crippen molar-refractivity contribution >= 4 is 17.9 Å². The molecule has 0 N–H and O–H groups in total. The lowest BCUT2D eigenvalue weighted by atomic mass is 10.00. The van der Waals surface area contributed by atoms with Crippen LogP contribution in [-0.4, -0.2) is 37.2 Å². The Balaban J connectivity index is 4.33. The molecule has 0 fully saturated rings. The highest BCUT2D eigenvalue weighted by atomic mass is 16.6. The number of hydrogen-bond acceptors (Lipinski definition) is 6. The Morgan fingerprint density at radius 3 is 1.19 bits per heavy atom. The van der Waals surface area contributed by atoms with Crippen LogP contribution >= 0.6 is 0 Å². The molecule has 0 saturated carbocycles. The first-order valence-corrected chi connectivity index (χ1v) is 20.8. The molecule has 284 valence electrons. The smallest absolute Gasteiger partial charge is 0.306 e. The van der Waals surface area contributed by atoms with Gasteiger partial charge in [-0.2, -0.15) is 0 Å². The van der Waals surface area contributed by atoms with Gasteiger partial charge in [-0.05, 0) is 31.1 Å². The second-order valence-corrected chi connectivity index (χ2v) is 15.0. The van der Waals surface area contributed by atoms with Crippen LogP contribution < -0.4 is 0 Å². The predicted octanol–water partition coefficient (Wildman–Crippen LogP) is 12.6. The molecule has 0 aromatic rings. The summed E-state index contributed by atoms with van der Waals surface area (Å²) < 4.78 is 16.6. The summed E-state index contributed by atoms with van der Waals surface area (Å²) in [6.45, 7) is 11.2. The minimum Gasteiger partial charge on any atom is -0.462 e. The van der Waals surface area contributed by atoms with E-state index in [4.69, 9.17) is 14.2 Å². The van der Waals surface area contributed by atoms with Gasteiger partial charge in [0.25, 0.3) is 0 Å². The Hall–Kier alpha value is -1.59. The normalized spacial score (nSPS) is 12.6. The second kappa shape index (κ2) is 35.2. The summed E-state index contributed by atoms with van der Waals surface area (Å²) >= 11 is 0. The molecule has 0 bridgehead atoms. The van der Waals surface area contributed by atoms with E-state index in [2.05, 4.69) is 34.6 Å². The SMILES string of the molecule is CCCCCCCCCC(=O)OC[C@H](COC(=O)CCCCCCCCC(C)CC)OC(=O)CCCCCCCCCCCCC(C)C. The Morgan fingerprint density at radius 1 is 0.438 bits per heavy atom. The molecule has 6 nitrogen and oxygen atoms in total. The molecule has 1 unspecified atom stereocenters. The Bertz CT molecular complexity index is 736. The summed E-state index contributed by atoms with van der Waals surface area (Å²) in [7, 11) is 0. The first kappa shape index (κ1) is 46.4. The lowest BCUT2D eigenvalue weighted by Crippen LogP contribution is -2.30. The molecule has 0 rings (SSSR count). The summed E-state index contributed by atoms with van der Waals surface area (Å²) in [4.78, 5) is 37.4. The standard InChI is InChI=1S/C42H80O6/c1-6-8-9-10-15-22-27-32-40(43)46-35-39(36-47-41(44)33-28-23-19-18-21-26-31-38(5)7-2)48-42(45)34-29-24-17-14-12-11-13-16-20-25-30-37(3)4/h37-39H,6-36H2,1-5H3/t38?,39-/m1/s1. The molecule has 6 heteroatoms. The molecular weight excluding hydrogens is 600 g/mol. The number of ether oxygens (including phenoxy) is 3. The second-order valence-electron chi connectivity index (χ2n) is 15.0. The lowest BCUT2D eigenvalue weighted by Gasteiger charge is -2.18. The number of esters is 3. The third kappa shape index (κ3) is 34.3. The van der Waals surface area contributed by atoms with E-state index >= 15 is 0 Å². The first-order chi connectivity index (χ1) is 23.3. The van der Waals surface area contributed by atoms with Gasteiger partial charge in [0.05, 0.1) is 0 Å². The quantitative estimate of drug-likeness (QED) is 0.0372. The molecule has 0 aliphatic heterocycles. The van der Waals surface area contributed by atoms with E-state index in [9.17, 15) is 14.4 Å². The lowest BCUT2D eigenvalue weighted by molar-refractivity contribution is -0.167. The number of rotatable bonds is 36. The van der Waals surface area contributed by atoms with Gasteiger partial charge in [0.1, 0.15) is 13.2 Å². The van der Waals surface area contributed by atoms with Gasteiger partial charge in [-0.1, -0.05) is 182 Å². The highest BCUT2D eigenvalue weighted by molar-refractivity contribution is 5.71. The Kier molecular flexibility index (Phi) is 34.1. The molecule has 0 aliphatic carbocycles. The summed E-state index contributed by atoms with van der Waals surface area (Å²) in [5.74, 6) is 0.758. The number of unbranched alkanes of at least 4 members (excludes halogenated alkanes) is 20. The maximum atomic E-state index is 12.6. The minimum absolute atomic E-state index is 0.0670. The van der Waals surface area contributed by atoms with E-state index in [-0.39, 0.29) is 31.1 Å². The number of carbonyl (C=O) groups excluding carboxylic acids is 3. The largest absolute Gasteiger partial charge is 0.462 e. The van der Waals surface area contributed by atoms with Crippen molar-refractivity contribution in [2.24, 2.45) is 11.8 Å². The summed E-state index contributed by atoms with van der Waals surface area (Å²) in [5.41, 5.74) is 0. The zero-order chi connectivity index (χ0) is 35.5.